The summed E-state index contributed by atoms with van der Waals surface area (Å²) in [5.41, 5.74) is 3.61. The first-order valence-corrected chi connectivity index (χ1v) is 7.92. The molecule has 1 aromatic rings. The Morgan fingerprint density at radius 2 is 1.90 bits per heavy atom. The van der Waals surface area contributed by atoms with E-state index in [9.17, 15) is 4.79 Å². The molecule has 0 radical (unpaired) electrons. The van der Waals surface area contributed by atoms with Crippen LogP contribution in [-0.2, 0) is 11.2 Å². The van der Waals surface area contributed by atoms with Crippen molar-refractivity contribution in [1.29, 1.82) is 0 Å². The summed E-state index contributed by atoms with van der Waals surface area (Å²) in [6.07, 6.45) is 7.98. The van der Waals surface area contributed by atoms with Gasteiger partial charge in [-0.25, -0.2) is 0 Å². The van der Waals surface area contributed by atoms with Crippen LogP contribution >= 0.6 is 0 Å². The van der Waals surface area contributed by atoms with Gasteiger partial charge in [-0.2, -0.15) is 0 Å². The van der Waals surface area contributed by atoms with Gasteiger partial charge in [-0.05, 0) is 68.1 Å². The normalized spacial score (nSPS) is 32.6. The van der Waals surface area contributed by atoms with Crippen molar-refractivity contribution in [3.05, 3.63) is 34.9 Å². The maximum Gasteiger partial charge on any atom is 0.169 e. The average Bonchev–Trinajstić information content (AvgIpc) is 3.29. The highest BCUT2D eigenvalue weighted by Crippen LogP contribution is 2.49. The Kier molecular flexibility index (Phi) is 2.78. The summed E-state index contributed by atoms with van der Waals surface area (Å²) >= 11 is 0. The van der Waals surface area contributed by atoms with Crippen molar-refractivity contribution in [3.63, 3.8) is 0 Å². The van der Waals surface area contributed by atoms with E-state index in [1.54, 1.807) is 7.11 Å². The third kappa shape index (κ3) is 1.85. The quantitative estimate of drug-likeness (QED) is 0.815. The molecule has 0 atom stereocenters. The lowest BCUT2D eigenvalue weighted by Crippen LogP contribution is -2.35. The lowest BCUT2D eigenvalue weighted by atomic mass is 9.70. The molecule has 0 N–H and O–H groups in total. The van der Waals surface area contributed by atoms with Gasteiger partial charge in [0, 0.05) is 18.1 Å². The van der Waals surface area contributed by atoms with Crippen molar-refractivity contribution in [2.24, 2.45) is 5.41 Å². The molecular formula is C18H22O2. The van der Waals surface area contributed by atoms with Crippen LogP contribution in [0.4, 0.5) is 0 Å². The molecule has 0 amide bonds. The highest BCUT2D eigenvalue weighted by atomic mass is 16.5. The molecule has 4 rings (SSSR count). The number of hydrogen-bond donors (Lipinski definition) is 0. The molecule has 1 spiro atoms. The largest absolute Gasteiger partial charge is 0.381 e. The lowest BCUT2D eigenvalue weighted by molar-refractivity contribution is 0.0285. The van der Waals surface area contributed by atoms with Crippen molar-refractivity contribution >= 4 is 5.78 Å². The van der Waals surface area contributed by atoms with Gasteiger partial charge in [-0.1, -0.05) is 12.1 Å². The zero-order chi connectivity index (χ0) is 13.7. The van der Waals surface area contributed by atoms with E-state index in [0.29, 0.717) is 11.9 Å². The molecule has 1 aromatic carbocycles. The first-order chi connectivity index (χ1) is 9.72. The van der Waals surface area contributed by atoms with Crippen LogP contribution in [0.1, 0.15) is 65.9 Å². The summed E-state index contributed by atoms with van der Waals surface area (Å²) in [7, 11) is 1.79. The standard InChI is InChI=1S/C18H22O2/c1-20-15-6-8-18(9-7-15)11-14-5-4-13(12-2-3-12)10-16(14)17(18)19/h4-5,10,12,15H,2-3,6-9,11H2,1H3/t15-,18-. The van der Waals surface area contributed by atoms with Crippen molar-refractivity contribution in [2.75, 3.05) is 7.11 Å². The summed E-state index contributed by atoms with van der Waals surface area (Å²) in [5, 5.41) is 0. The third-order valence-corrected chi connectivity index (χ3v) is 5.66. The number of rotatable bonds is 2. The molecule has 2 saturated carbocycles. The fourth-order valence-electron chi connectivity index (χ4n) is 4.14. The highest BCUT2D eigenvalue weighted by molar-refractivity contribution is 6.05. The van der Waals surface area contributed by atoms with Crippen molar-refractivity contribution in [3.8, 4) is 0 Å². The Morgan fingerprint density at radius 3 is 2.55 bits per heavy atom. The number of methoxy groups -OCH3 is 1. The molecule has 2 nitrogen and oxygen atoms in total. The first kappa shape index (κ1) is 12.6. The molecular weight excluding hydrogens is 248 g/mol. The smallest absolute Gasteiger partial charge is 0.169 e. The van der Waals surface area contributed by atoms with Gasteiger partial charge in [0.1, 0.15) is 0 Å². The molecule has 0 aliphatic heterocycles. The van der Waals surface area contributed by atoms with Crippen molar-refractivity contribution < 1.29 is 9.53 Å². The van der Waals surface area contributed by atoms with Crippen LogP contribution in [0, 0.1) is 5.41 Å². The maximum absolute atomic E-state index is 12.9. The van der Waals surface area contributed by atoms with Crippen LogP contribution in [0.3, 0.4) is 0 Å². The highest BCUT2D eigenvalue weighted by Gasteiger charge is 2.47. The van der Waals surface area contributed by atoms with E-state index in [1.807, 2.05) is 0 Å². The molecule has 0 unspecified atom stereocenters. The zero-order valence-corrected chi connectivity index (χ0v) is 12.2. The summed E-state index contributed by atoms with van der Waals surface area (Å²) in [4.78, 5) is 12.9. The van der Waals surface area contributed by atoms with Crippen LogP contribution in [0.5, 0.6) is 0 Å². The molecule has 2 fully saturated rings. The topological polar surface area (TPSA) is 26.3 Å². The Morgan fingerprint density at radius 1 is 1.15 bits per heavy atom. The van der Waals surface area contributed by atoms with Gasteiger partial charge in [-0.3, -0.25) is 4.79 Å². The number of ether oxygens (including phenoxy) is 1. The Bertz CT molecular complexity index is 549. The van der Waals surface area contributed by atoms with E-state index in [-0.39, 0.29) is 5.41 Å². The predicted molar refractivity (Wildman–Crippen MR) is 78.1 cm³/mol. The van der Waals surface area contributed by atoms with E-state index in [2.05, 4.69) is 18.2 Å². The van der Waals surface area contributed by atoms with Crippen molar-refractivity contribution in [1.82, 2.24) is 0 Å². The molecule has 106 valence electrons. The average molecular weight is 270 g/mol. The van der Waals surface area contributed by atoms with E-state index in [0.717, 1.165) is 43.6 Å². The molecule has 0 saturated heterocycles. The third-order valence-electron chi connectivity index (χ3n) is 5.66. The van der Waals surface area contributed by atoms with Crippen LogP contribution in [0.2, 0.25) is 0 Å². The number of carbonyl (C=O) groups excluding carboxylic acids is 1. The Hall–Kier alpha value is -1.15. The molecule has 0 bridgehead atoms. The van der Waals surface area contributed by atoms with Gasteiger partial charge in [0.05, 0.1) is 6.10 Å². The Balaban J connectivity index is 1.62. The lowest BCUT2D eigenvalue weighted by Gasteiger charge is -2.35. The second-order valence-corrected chi connectivity index (χ2v) is 6.91. The number of benzene rings is 1. The minimum atomic E-state index is -0.0977. The number of carbonyl (C=O) groups is 1. The monoisotopic (exact) mass is 270 g/mol. The summed E-state index contributed by atoms with van der Waals surface area (Å²) in [6, 6.07) is 6.67. The number of fused-ring (bicyclic) bond motifs is 1. The second kappa shape index (κ2) is 4.42. The van der Waals surface area contributed by atoms with Gasteiger partial charge in [-0.15, -0.1) is 0 Å². The van der Waals surface area contributed by atoms with Gasteiger partial charge >= 0.3 is 0 Å². The Labute approximate surface area is 120 Å². The summed E-state index contributed by atoms with van der Waals surface area (Å²) in [6.45, 7) is 0. The second-order valence-electron chi connectivity index (χ2n) is 6.91. The minimum absolute atomic E-state index is 0.0977. The van der Waals surface area contributed by atoms with E-state index < -0.39 is 0 Å². The maximum atomic E-state index is 12.9. The molecule has 0 heterocycles. The SMILES string of the molecule is CO[C@H]1CC[C@]2(CC1)Cc1ccc(C3CC3)cc1C2=O. The van der Waals surface area contributed by atoms with E-state index in [4.69, 9.17) is 4.74 Å². The van der Waals surface area contributed by atoms with E-state index >= 15 is 0 Å². The first-order valence-electron chi connectivity index (χ1n) is 7.92. The summed E-state index contributed by atoms with van der Waals surface area (Å²) < 4.78 is 5.45. The fraction of sp³-hybridized carbons (Fsp3) is 0.611. The van der Waals surface area contributed by atoms with Gasteiger partial charge < -0.3 is 4.74 Å². The molecule has 20 heavy (non-hydrogen) atoms. The molecule has 0 aromatic heterocycles. The van der Waals surface area contributed by atoms with Crippen LogP contribution < -0.4 is 0 Å². The van der Waals surface area contributed by atoms with Crippen LogP contribution in [0.25, 0.3) is 0 Å². The van der Waals surface area contributed by atoms with E-state index in [1.165, 1.54) is 24.0 Å². The zero-order valence-electron chi connectivity index (χ0n) is 12.2. The van der Waals surface area contributed by atoms with Crippen LogP contribution in [0.15, 0.2) is 18.2 Å². The predicted octanol–water partition coefficient (Wildman–Crippen LogP) is 3.88. The van der Waals surface area contributed by atoms with Crippen molar-refractivity contribution in [2.45, 2.75) is 57.0 Å². The van der Waals surface area contributed by atoms with Crippen LogP contribution in [-0.4, -0.2) is 19.0 Å². The number of hydrogen-bond acceptors (Lipinski definition) is 2. The molecule has 2 heteroatoms. The molecule has 3 aliphatic carbocycles. The number of ketones is 1. The van der Waals surface area contributed by atoms with Gasteiger partial charge in [0.2, 0.25) is 0 Å². The summed E-state index contributed by atoms with van der Waals surface area (Å²) in [5.74, 6) is 1.15. The fourth-order valence-corrected chi connectivity index (χ4v) is 4.14. The molecule has 3 aliphatic rings. The van der Waals surface area contributed by atoms with Gasteiger partial charge in [0.15, 0.2) is 5.78 Å². The number of Topliss-reactive ketones (excluding diaryl/α,β-unsaturated/α-hetero) is 1. The van der Waals surface area contributed by atoms with Gasteiger partial charge in [0.25, 0.3) is 0 Å². The minimum Gasteiger partial charge on any atom is -0.381 e.